The third kappa shape index (κ3) is 2.48. The van der Waals surface area contributed by atoms with Gasteiger partial charge < -0.3 is 10.1 Å². The van der Waals surface area contributed by atoms with Crippen LogP contribution < -0.4 is 5.32 Å². The molecule has 0 bridgehead atoms. The van der Waals surface area contributed by atoms with Gasteiger partial charge in [-0.25, -0.2) is 0 Å². The van der Waals surface area contributed by atoms with Gasteiger partial charge in [-0.1, -0.05) is 6.92 Å². The predicted octanol–water partition coefficient (Wildman–Crippen LogP) is 0.726. The fourth-order valence-corrected chi connectivity index (χ4v) is 1.03. The summed E-state index contributed by atoms with van der Waals surface area (Å²) >= 11 is 1.90. The Kier molecular flexibility index (Phi) is 3.52. The number of ether oxygens (including phenoxy) is 1. The second-order valence-corrected chi connectivity index (χ2v) is 3.97. The molecule has 1 aliphatic heterocycles. The van der Waals surface area contributed by atoms with Crippen molar-refractivity contribution in [1.29, 1.82) is 0 Å². The van der Waals surface area contributed by atoms with Crippen molar-refractivity contribution in [2.24, 2.45) is 0 Å². The Balaban J connectivity index is 1.93. The predicted molar refractivity (Wildman–Crippen MR) is 45.6 cm³/mol. The summed E-state index contributed by atoms with van der Waals surface area (Å²) in [5.41, 5.74) is 0. The zero-order valence-electron chi connectivity index (χ0n) is 6.59. The van der Waals surface area contributed by atoms with Gasteiger partial charge in [0.2, 0.25) is 0 Å². The molecular weight excluding hydrogens is 146 g/mol. The van der Waals surface area contributed by atoms with Crippen molar-refractivity contribution in [3.63, 3.8) is 0 Å². The number of nitrogens with one attached hydrogen (secondary N) is 1. The molecule has 1 atom stereocenters. The molecule has 0 saturated carbocycles. The van der Waals surface area contributed by atoms with E-state index in [0.717, 1.165) is 25.0 Å². The molecule has 2 nitrogen and oxygen atoms in total. The maximum Gasteiger partial charge on any atom is 0.0643 e. The molecule has 0 aromatic carbocycles. The standard InChI is InChI=1S/C7H15NOS/c1-6(10-2)3-8-7-4-9-5-7/h6-8H,3-5H2,1-2H3. The van der Waals surface area contributed by atoms with E-state index < -0.39 is 0 Å². The van der Waals surface area contributed by atoms with E-state index in [-0.39, 0.29) is 0 Å². The molecule has 1 aliphatic rings. The monoisotopic (exact) mass is 161 g/mol. The maximum atomic E-state index is 5.03. The minimum Gasteiger partial charge on any atom is -0.378 e. The fraction of sp³-hybridized carbons (Fsp3) is 1.00. The Morgan fingerprint density at radius 1 is 1.70 bits per heavy atom. The van der Waals surface area contributed by atoms with Crippen LogP contribution in [0.4, 0.5) is 0 Å². The van der Waals surface area contributed by atoms with Gasteiger partial charge in [-0.15, -0.1) is 0 Å². The first-order valence-electron chi connectivity index (χ1n) is 3.67. The zero-order valence-corrected chi connectivity index (χ0v) is 7.41. The first-order chi connectivity index (χ1) is 4.83. The highest BCUT2D eigenvalue weighted by Gasteiger charge is 2.17. The third-order valence-corrected chi connectivity index (χ3v) is 2.71. The molecule has 1 unspecified atom stereocenters. The van der Waals surface area contributed by atoms with Crippen LogP contribution in [0, 0.1) is 0 Å². The van der Waals surface area contributed by atoms with Crippen molar-refractivity contribution in [2.75, 3.05) is 26.0 Å². The normalized spacial score (nSPS) is 22.2. The lowest BCUT2D eigenvalue weighted by Crippen LogP contribution is -2.47. The van der Waals surface area contributed by atoms with Crippen molar-refractivity contribution in [2.45, 2.75) is 18.2 Å². The molecule has 1 rings (SSSR count). The van der Waals surface area contributed by atoms with E-state index in [4.69, 9.17) is 4.74 Å². The first-order valence-corrected chi connectivity index (χ1v) is 4.95. The lowest BCUT2D eigenvalue weighted by atomic mass is 10.2. The van der Waals surface area contributed by atoms with Gasteiger partial charge in [0.1, 0.15) is 0 Å². The number of rotatable bonds is 4. The van der Waals surface area contributed by atoms with Crippen LogP contribution in [0.3, 0.4) is 0 Å². The molecule has 1 saturated heterocycles. The minimum absolute atomic E-state index is 0.634. The Hall–Kier alpha value is 0.270. The van der Waals surface area contributed by atoms with Gasteiger partial charge in [-0.2, -0.15) is 11.8 Å². The van der Waals surface area contributed by atoms with E-state index in [0.29, 0.717) is 6.04 Å². The fourth-order valence-electron chi connectivity index (χ4n) is 0.770. The molecule has 0 aromatic heterocycles. The van der Waals surface area contributed by atoms with Gasteiger partial charge in [0, 0.05) is 11.8 Å². The maximum absolute atomic E-state index is 5.03. The van der Waals surface area contributed by atoms with E-state index >= 15 is 0 Å². The number of hydrogen-bond acceptors (Lipinski definition) is 3. The van der Waals surface area contributed by atoms with E-state index in [1.807, 2.05) is 11.8 Å². The molecule has 1 N–H and O–H groups in total. The van der Waals surface area contributed by atoms with E-state index in [1.165, 1.54) is 0 Å². The summed E-state index contributed by atoms with van der Waals surface area (Å²) < 4.78 is 5.03. The van der Waals surface area contributed by atoms with Crippen molar-refractivity contribution in [1.82, 2.24) is 5.32 Å². The SMILES string of the molecule is CSC(C)CNC1COC1. The van der Waals surface area contributed by atoms with Gasteiger partial charge in [0.25, 0.3) is 0 Å². The summed E-state index contributed by atoms with van der Waals surface area (Å²) in [6.45, 7) is 5.15. The van der Waals surface area contributed by atoms with E-state index in [2.05, 4.69) is 18.5 Å². The summed E-state index contributed by atoms with van der Waals surface area (Å²) in [5.74, 6) is 0. The molecule has 0 amide bonds. The molecule has 0 radical (unpaired) electrons. The van der Waals surface area contributed by atoms with Crippen LogP contribution in [0.2, 0.25) is 0 Å². The molecule has 3 heteroatoms. The summed E-state index contributed by atoms with van der Waals surface area (Å²) in [4.78, 5) is 0. The zero-order chi connectivity index (χ0) is 7.40. The van der Waals surface area contributed by atoms with Gasteiger partial charge >= 0.3 is 0 Å². The van der Waals surface area contributed by atoms with Crippen molar-refractivity contribution >= 4 is 11.8 Å². The lowest BCUT2D eigenvalue weighted by molar-refractivity contribution is -0.00462. The van der Waals surface area contributed by atoms with Gasteiger partial charge in [-0.05, 0) is 6.26 Å². The quantitative estimate of drug-likeness (QED) is 0.656. The number of thioether (sulfide) groups is 1. The number of hydrogen-bond donors (Lipinski definition) is 1. The summed E-state index contributed by atoms with van der Waals surface area (Å²) in [6, 6.07) is 0.634. The van der Waals surface area contributed by atoms with Gasteiger partial charge in [-0.3, -0.25) is 0 Å². The molecule has 60 valence electrons. The molecule has 10 heavy (non-hydrogen) atoms. The highest BCUT2D eigenvalue weighted by atomic mass is 32.2. The van der Waals surface area contributed by atoms with Crippen LogP contribution in [0.5, 0.6) is 0 Å². The van der Waals surface area contributed by atoms with E-state index in [1.54, 1.807) is 0 Å². The average Bonchev–Trinajstić information content (AvgIpc) is 1.84. The highest BCUT2D eigenvalue weighted by molar-refractivity contribution is 7.99. The van der Waals surface area contributed by atoms with Crippen LogP contribution in [0.15, 0.2) is 0 Å². The van der Waals surface area contributed by atoms with Crippen molar-refractivity contribution in [3.05, 3.63) is 0 Å². The minimum atomic E-state index is 0.634. The van der Waals surface area contributed by atoms with Gasteiger partial charge in [0.15, 0.2) is 0 Å². The Bertz CT molecular complexity index is 90.9. The van der Waals surface area contributed by atoms with Crippen LogP contribution in [0.1, 0.15) is 6.92 Å². The smallest absolute Gasteiger partial charge is 0.0643 e. The summed E-state index contributed by atoms with van der Waals surface area (Å²) in [5, 5.41) is 4.15. The van der Waals surface area contributed by atoms with Crippen molar-refractivity contribution < 1.29 is 4.74 Å². The Morgan fingerprint density at radius 3 is 2.80 bits per heavy atom. The first kappa shape index (κ1) is 8.37. The largest absolute Gasteiger partial charge is 0.378 e. The van der Waals surface area contributed by atoms with E-state index in [9.17, 15) is 0 Å². The Morgan fingerprint density at radius 2 is 2.40 bits per heavy atom. The van der Waals surface area contributed by atoms with Crippen molar-refractivity contribution in [3.8, 4) is 0 Å². The third-order valence-electron chi connectivity index (χ3n) is 1.73. The highest BCUT2D eigenvalue weighted by Crippen LogP contribution is 2.05. The van der Waals surface area contributed by atoms with Crippen LogP contribution in [-0.4, -0.2) is 37.3 Å². The van der Waals surface area contributed by atoms with Crippen LogP contribution >= 0.6 is 11.8 Å². The molecule has 1 heterocycles. The van der Waals surface area contributed by atoms with Crippen LogP contribution in [-0.2, 0) is 4.74 Å². The van der Waals surface area contributed by atoms with Gasteiger partial charge in [0.05, 0.1) is 19.3 Å². The molecule has 0 aromatic rings. The lowest BCUT2D eigenvalue weighted by Gasteiger charge is -2.27. The molecule has 1 fully saturated rings. The second kappa shape index (κ2) is 4.21. The van der Waals surface area contributed by atoms with Crippen LogP contribution in [0.25, 0.3) is 0 Å². The molecule has 0 spiro atoms. The Labute approximate surface area is 66.7 Å². The second-order valence-electron chi connectivity index (χ2n) is 2.69. The summed E-state index contributed by atoms with van der Waals surface area (Å²) in [7, 11) is 0. The molecule has 0 aliphatic carbocycles. The molecular formula is C7H15NOS. The summed E-state index contributed by atoms with van der Waals surface area (Å²) in [6.07, 6.45) is 2.14. The average molecular weight is 161 g/mol. The topological polar surface area (TPSA) is 21.3 Å².